The van der Waals surface area contributed by atoms with Crippen molar-refractivity contribution < 1.29 is 5.11 Å². The maximum Gasteiger partial charge on any atom is 0.258 e. The lowest BCUT2D eigenvalue weighted by atomic mass is 9.79. The third-order valence-corrected chi connectivity index (χ3v) is 6.20. The molecule has 2 aromatic heterocycles. The topological polar surface area (TPSA) is 83.3 Å². The summed E-state index contributed by atoms with van der Waals surface area (Å²) in [5, 5.41) is 24.3. The number of pyridine rings is 1. The number of aromatic nitrogens is 3. The maximum atomic E-state index is 12.5. The number of hydrogen-bond acceptors (Lipinski definition) is 6. The average molecular weight is 422 g/mol. The second-order valence-electron chi connectivity index (χ2n) is 10.0. The molecule has 7 nitrogen and oxygen atoms in total. The number of benzene rings is 1. The molecule has 1 aromatic carbocycles. The number of hydrogen-bond donors (Lipinski definition) is 2. The van der Waals surface area contributed by atoms with Crippen LogP contribution in [0.4, 0.5) is 5.82 Å². The first kappa shape index (κ1) is 21.3. The van der Waals surface area contributed by atoms with E-state index >= 15 is 0 Å². The zero-order chi connectivity index (χ0) is 22.6. The third kappa shape index (κ3) is 4.14. The lowest BCUT2D eigenvalue weighted by Crippen LogP contribution is -2.62. The predicted octanol–water partition coefficient (Wildman–Crippen LogP) is 3.45. The van der Waals surface area contributed by atoms with Crippen LogP contribution in [0.5, 0.6) is 5.75 Å². The van der Waals surface area contributed by atoms with Gasteiger partial charge in [-0.2, -0.15) is 0 Å². The highest BCUT2D eigenvalue weighted by atomic mass is 16.3. The molecule has 0 amide bonds. The van der Waals surface area contributed by atoms with Crippen LogP contribution in [0.3, 0.4) is 0 Å². The molecular weight excluding hydrogens is 390 g/mol. The van der Waals surface area contributed by atoms with Crippen molar-refractivity contribution in [1.82, 2.24) is 20.1 Å². The van der Waals surface area contributed by atoms with E-state index in [-0.39, 0.29) is 22.4 Å². The number of fused-ring (bicyclic) bond motifs is 1. The zero-order valence-electron chi connectivity index (χ0n) is 19.1. The Kier molecular flexibility index (Phi) is 5.04. The van der Waals surface area contributed by atoms with E-state index in [2.05, 4.69) is 55.2 Å². The Morgan fingerprint density at radius 2 is 1.77 bits per heavy atom. The van der Waals surface area contributed by atoms with E-state index in [1.165, 1.54) is 4.57 Å². The van der Waals surface area contributed by atoms with Crippen LogP contribution in [0.2, 0.25) is 0 Å². The van der Waals surface area contributed by atoms with Crippen LogP contribution >= 0.6 is 0 Å². The summed E-state index contributed by atoms with van der Waals surface area (Å²) in [6.45, 7) is 8.93. The second-order valence-corrected chi connectivity index (χ2v) is 10.0. The highest BCUT2D eigenvalue weighted by Crippen LogP contribution is 2.34. The van der Waals surface area contributed by atoms with Crippen molar-refractivity contribution >= 4 is 16.6 Å². The van der Waals surface area contributed by atoms with Crippen molar-refractivity contribution in [3.05, 3.63) is 46.9 Å². The molecule has 0 saturated carbocycles. The summed E-state index contributed by atoms with van der Waals surface area (Å²) in [5.41, 5.74) is 1.00. The largest absolute Gasteiger partial charge is 0.507 e. The third-order valence-electron chi connectivity index (χ3n) is 6.20. The summed E-state index contributed by atoms with van der Waals surface area (Å²) in [6, 6.07) is 9.22. The molecule has 31 heavy (non-hydrogen) atoms. The van der Waals surface area contributed by atoms with E-state index < -0.39 is 0 Å². The molecule has 1 fully saturated rings. The van der Waals surface area contributed by atoms with Gasteiger partial charge in [-0.15, -0.1) is 10.2 Å². The number of rotatable bonds is 3. The first-order valence-electron chi connectivity index (χ1n) is 10.6. The van der Waals surface area contributed by atoms with Gasteiger partial charge in [0, 0.05) is 48.4 Å². The van der Waals surface area contributed by atoms with Crippen LogP contribution in [0.15, 0.2) is 41.3 Å². The number of piperidine rings is 1. The van der Waals surface area contributed by atoms with Gasteiger partial charge in [-0.25, -0.2) is 0 Å². The normalized spacial score (nSPS) is 18.3. The molecule has 0 atom stereocenters. The summed E-state index contributed by atoms with van der Waals surface area (Å²) in [7, 11) is 3.77. The average Bonchev–Trinajstić information content (AvgIpc) is 2.68. The number of phenols is 1. The highest BCUT2D eigenvalue weighted by Gasteiger charge is 2.39. The van der Waals surface area contributed by atoms with Crippen molar-refractivity contribution in [2.45, 2.75) is 57.7 Å². The molecular formula is C24H31N5O2. The van der Waals surface area contributed by atoms with Crippen molar-refractivity contribution in [3.8, 4) is 17.0 Å². The van der Waals surface area contributed by atoms with E-state index in [4.69, 9.17) is 0 Å². The van der Waals surface area contributed by atoms with Crippen LogP contribution in [-0.2, 0) is 7.05 Å². The number of aryl methyl sites for hydroxylation is 1. The minimum absolute atomic E-state index is 0.0388. The number of phenolic OH excluding ortho intramolecular Hbond substituents is 1. The predicted molar refractivity (Wildman–Crippen MR) is 125 cm³/mol. The highest BCUT2D eigenvalue weighted by molar-refractivity contribution is 5.89. The van der Waals surface area contributed by atoms with Gasteiger partial charge in [-0.1, -0.05) is 0 Å². The van der Waals surface area contributed by atoms with Gasteiger partial charge in [0.2, 0.25) is 0 Å². The van der Waals surface area contributed by atoms with Crippen molar-refractivity contribution in [2.24, 2.45) is 7.05 Å². The van der Waals surface area contributed by atoms with Crippen LogP contribution < -0.4 is 15.8 Å². The number of anilines is 1. The molecule has 3 heterocycles. The molecule has 0 radical (unpaired) electrons. The SMILES string of the molecule is CN(c1ccc(-c2cc3c(=O)n(C)ccc3cc2O)nn1)C1CC(C)(C)NC(C)(C)C1. The molecule has 2 N–H and O–H groups in total. The first-order valence-corrected chi connectivity index (χ1v) is 10.6. The Hall–Kier alpha value is -2.93. The molecule has 1 aliphatic heterocycles. The van der Waals surface area contributed by atoms with Gasteiger partial charge in [0.05, 0.1) is 5.69 Å². The van der Waals surface area contributed by atoms with Gasteiger partial charge in [-0.05, 0) is 76.3 Å². The molecule has 0 spiro atoms. The van der Waals surface area contributed by atoms with Gasteiger partial charge in [-0.3, -0.25) is 4.79 Å². The van der Waals surface area contributed by atoms with Crippen molar-refractivity contribution in [3.63, 3.8) is 0 Å². The van der Waals surface area contributed by atoms with E-state index in [0.29, 0.717) is 28.1 Å². The van der Waals surface area contributed by atoms with E-state index in [9.17, 15) is 9.90 Å². The standard InChI is InChI=1S/C24H31N5O2/c1-23(2)13-16(14-24(3,4)27-23)29(6)21-8-7-19(25-26-21)18-12-17-15(11-20(18)30)9-10-28(5)22(17)31/h7-12,16,27,30H,13-14H2,1-6H3. The molecule has 7 heteroatoms. The fourth-order valence-electron chi connectivity index (χ4n) is 4.97. The Morgan fingerprint density at radius 3 is 2.39 bits per heavy atom. The summed E-state index contributed by atoms with van der Waals surface area (Å²) in [4.78, 5) is 14.7. The fourth-order valence-corrected chi connectivity index (χ4v) is 4.97. The molecule has 1 aliphatic rings. The van der Waals surface area contributed by atoms with Gasteiger partial charge in [0.25, 0.3) is 5.56 Å². The number of aromatic hydroxyl groups is 1. The molecule has 1 saturated heterocycles. The van der Waals surface area contributed by atoms with Gasteiger partial charge >= 0.3 is 0 Å². The second kappa shape index (κ2) is 7.34. The Morgan fingerprint density at radius 1 is 1.10 bits per heavy atom. The van der Waals surface area contributed by atoms with Gasteiger partial charge in [0.15, 0.2) is 5.82 Å². The van der Waals surface area contributed by atoms with E-state index in [1.54, 1.807) is 25.4 Å². The quantitative estimate of drug-likeness (QED) is 0.674. The van der Waals surface area contributed by atoms with Crippen LogP contribution in [0.1, 0.15) is 40.5 Å². The maximum absolute atomic E-state index is 12.5. The number of nitrogens with zero attached hydrogens (tertiary/aromatic N) is 4. The summed E-state index contributed by atoms with van der Waals surface area (Å²) < 4.78 is 1.52. The summed E-state index contributed by atoms with van der Waals surface area (Å²) in [6.07, 6.45) is 3.70. The lowest BCUT2D eigenvalue weighted by Gasteiger charge is -2.49. The van der Waals surface area contributed by atoms with Crippen LogP contribution in [0, 0.1) is 0 Å². The smallest absolute Gasteiger partial charge is 0.258 e. The monoisotopic (exact) mass is 421 g/mol. The van der Waals surface area contributed by atoms with Gasteiger partial charge < -0.3 is 19.9 Å². The minimum Gasteiger partial charge on any atom is -0.507 e. The van der Waals surface area contributed by atoms with Crippen molar-refractivity contribution in [1.29, 1.82) is 0 Å². The molecule has 3 aromatic rings. The minimum atomic E-state index is -0.112. The molecule has 4 rings (SSSR count). The van der Waals surface area contributed by atoms with Crippen LogP contribution in [-0.4, -0.2) is 44.0 Å². The Labute approximate surface area is 182 Å². The Bertz CT molecular complexity index is 1170. The lowest BCUT2D eigenvalue weighted by molar-refractivity contribution is 0.160. The molecule has 0 aliphatic carbocycles. The Balaban J connectivity index is 1.65. The zero-order valence-corrected chi connectivity index (χ0v) is 19.1. The number of nitrogens with one attached hydrogen (secondary N) is 1. The first-order chi connectivity index (χ1) is 14.5. The van der Waals surface area contributed by atoms with Crippen LogP contribution in [0.25, 0.3) is 22.0 Å². The van der Waals surface area contributed by atoms with Crippen molar-refractivity contribution in [2.75, 3.05) is 11.9 Å². The molecule has 0 bridgehead atoms. The van der Waals surface area contributed by atoms with Gasteiger partial charge in [0.1, 0.15) is 5.75 Å². The van der Waals surface area contributed by atoms with E-state index in [0.717, 1.165) is 18.7 Å². The van der Waals surface area contributed by atoms with E-state index in [1.807, 2.05) is 18.2 Å². The summed E-state index contributed by atoms with van der Waals surface area (Å²) >= 11 is 0. The summed E-state index contributed by atoms with van der Waals surface area (Å²) in [5.74, 6) is 0.872. The molecule has 0 unspecified atom stereocenters. The molecule has 164 valence electrons. The fraction of sp³-hybridized carbons (Fsp3) is 0.458.